The van der Waals surface area contributed by atoms with Gasteiger partial charge in [-0.05, 0) is 25.1 Å². The first-order valence-corrected chi connectivity index (χ1v) is 5.97. The predicted octanol–water partition coefficient (Wildman–Crippen LogP) is 0.876. The number of carbonyl (C=O) groups is 1. The molecular weight excluding hydrogens is 216 g/mol. The van der Waals surface area contributed by atoms with Crippen LogP contribution in [0.3, 0.4) is 0 Å². The highest BCUT2D eigenvalue weighted by Crippen LogP contribution is 2.12. The molecule has 0 aromatic heterocycles. The quantitative estimate of drug-likeness (QED) is 0.844. The van der Waals surface area contributed by atoms with Gasteiger partial charge in [-0.1, -0.05) is 18.2 Å². The van der Waals surface area contributed by atoms with Gasteiger partial charge < -0.3 is 15.4 Å². The van der Waals surface area contributed by atoms with Gasteiger partial charge >= 0.3 is 0 Å². The number of amides is 1. The van der Waals surface area contributed by atoms with E-state index in [1.807, 2.05) is 35.2 Å². The van der Waals surface area contributed by atoms with Crippen LogP contribution >= 0.6 is 0 Å². The highest BCUT2D eigenvalue weighted by Gasteiger charge is 2.24. The minimum Gasteiger partial charge on any atom is -0.374 e. The normalized spacial score (nSPS) is 20.3. The minimum absolute atomic E-state index is 0.0796. The van der Waals surface area contributed by atoms with Crippen molar-refractivity contribution in [3.63, 3.8) is 0 Å². The fourth-order valence-electron chi connectivity index (χ4n) is 2.03. The molecule has 0 saturated carbocycles. The summed E-state index contributed by atoms with van der Waals surface area (Å²) in [6, 6.07) is 9.36. The van der Waals surface area contributed by atoms with Crippen molar-refractivity contribution in [2.24, 2.45) is 5.73 Å². The van der Waals surface area contributed by atoms with Crippen LogP contribution < -0.4 is 5.73 Å². The van der Waals surface area contributed by atoms with Crippen LogP contribution in [0.5, 0.6) is 0 Å². The molecule has 0 spiro atoms. The van der Waals surface area contributed by atoms with Crippen molar-refractivity contribution < 1.29 is 9.53 Å². The van der Waals surface area contributed by atoms with Gasteiger partial charge in [-0.15, -0.1) is 0 Å². The number of hydrogen-bond acceptors (Lipinski definition) is 3. The van der Waals surface area contributed by atoms with E-state index in [1.165, 1.54) is 0 Å². The average molecular weight is 234 g/mol. The highest BCUT2D eigenvalue weighted by molar-refractivity contribution is 5.94. The number of nitrogens with zero attached hydrogens (tertiary/aromatic N) is 1. The van der Waals surface area contributed by atoms with Gasteiger partial charge in [0, 0.05) is 18.7 Å². The first kappa shape index (κ1) is 12.1. The van der Waals surface area contributed by atoms with Crippen LogP contribution in [0.15, 0.2) is 30.3 Å². The molecule has 4 heteroatoms. The van der Waals surface area contributed by atoms with Gasteiger partial charge in [0.15, 0.2) is 0 Å². The van der Waals surface area contributed by atoms with Crippen molar-refractivity contribution in [3.8, 4) is 0 Å². The monoisotopic (exact) mass is 234 g/mol. The molecule has 0 radical (unpaired) electrons. The predicted molar refractivity (Wildman–Crippen MR) is 65.8 cm³/mol. The summed E-state index contributed by atoms with van der Waals surface area (Å²) in [5.74, 6) is 0.0796. The molecule has 1 aliphatic rings. The van der Waals surface area contributed by atoms with Gasteiger partial charge in [0.05, 0.1) is 12.7 Å². The van der Waals surface area contributed by atoms with E-state index in [2.05, 4.69) is 0 Å². The van der Waals surface area contributed by atoms with E-state index in [1.54, 1.807) is 0 Å². The second kappa shape index (κ2) is 5.80. The Balaban J connectivity index is 2.00. The van der Waals surface area contributed by atoms with E-state index in [-0.39, 0.29) is 12.0 Å². The zero-order valence-electron chi connectivity index (χ0n) is 9.84. The Bertz CT molecular complexity index is 365. The molecule has 0 bridgehead atoms. The van der Waals surface area contributed by atoms with Crippen LogP contribution in [-0.2, 0) is 4.74 Å². The highest BCUT2D eigenvalue weighted by atomic mass is 16.5. The Kier molecular flexibility index (Phi) is 4.12. The average Bonchev–Trinajstić information content (AvgIpc) is 2.40. The van der Waals surface area contributed by atoms with E-state index in [4.69, 9.17) is 10.5 Å². The second-order valence-corrected chi connectivity index (χ2v) is 4.19. The van der Waals surface area contributed by atoms with E-state index in [0.717, 1.165) is 12.0 Å². The largest absolute Gasteiger partial charge is 0.374 e. The van der Waals surface area contributed by atoms with Gasteiger partial charge in [-0.3, -0.25) is 4.79 Å². The van der Waals surface area contributed by atoms with Gasteiger partial charge in [-0.25, -0.2) is 0 Å². The first-order chi connectivity index (χ1) is 8.31. The fourth-order valence-corrected chi connectivity index (χ4v) is 2.03. The Morgan fingerprint density at radius 2 is 2.18 bits per heavy atom. The van der Waals surface area contributed by atoms with Crippen molar-refractivity contribution in [2.75, 3.05) is 26.2 Å². The van der Waals surface area contributed by atoms with E-state index in [0.29, 0.717) is 26.2 Å². The molecule has 1 heterocycles. The molecule has 1 fully saturated rings. The van der Waals surface area contributed by atoms with Crippen molar-refractivity contribution in [2.45, 2.75) is 12.5 Å². The molecule has 1 saturated heterocycles. The lowest BCUT2D eigenvalue weighted by atomic mass is 10.1. The lowest BCUT2D eigenvalue weighted by Crippen LogP contribution is -2.46. The van der Waals surface area contributed by atoms with Crippen LogP contribution in [0.4, 0.5) is 0 Å². The van der Waals surface area contributed by atoms with E-state index in [9.17, 15) is 4.79 Å². The van der Waals surface area contributed by atoms with Crippen molar-refractivity contribution in [1.29, 1.82) is 0 Å². The number of hydrogen-bond donors (Lipinski definition) is 1. The summed E-state index contributed by atoms with van der Waals surface area (Å²) in [6.45, 7) is 2.50. The van der Waals surface area contributed by atoms with Crippen LogP contribution in [-0.4, -0.2) is 43.2 Å². The lowest BCUT2D eigenvalue weighted by molar-refractivity contribution is -0.0236. The Labute approximate surface area is 101 Å². The number of nitrogens with two attached hydrogens (primary N) is 1. The summed E-state index contributed by atoms with van der Waals surface area (Å²) in [5.41, 5.74) is 6.25. The topological polar surface area (TPSA) is 55.6 Å². The smallest absolute Gasteiger partial charge is 0.254 e. The lowest BCUT2D eigenvalue weighted by Gasteiger charge is -2.32. The van der Waals surface area contributed by atoms with Gasteiger partial charge in [-0.2, -0.15) is 0 Å². The first-order valence-electron chi connectivity index (χ1n) is 5.97. The van der Waals surface area contributed by atoms with Gasteiger partial charge in [0.25, 0.3) is 5.91 Å². The molecule has 92 valence electrons. The third-order valence-electron chi connectivity index (χ3n) is 2.94. The summed E-state index contributed by atoms with van der Waals surface area (Å²) in [7, 11) is 0. The van der Waals surface area contributed by atoms with Crippen LogP contribution in [0, 0.1) is 0 Å². The Hall–Kier alpha value is -1.39. The number of carbonyl (C=O) groups excluding carboxylic acids is 1. The minimum atomic E-state index is 0.0796. The summed E-state index contributed by atoms with van der Waals surface area (Å²) < 4.78 is 5.56. The fraction of sp³-hybridized carbons (Fsp3) is 0.462. The second-order valence-electron chi connectivity index (χ2n) is 4.19. The zero-order chi connectivity index (χ0) is 12.1. The van der Waals surface area contributed by atoms with Crippen LogP contribution in [0.25, 0.3) is 0 Å². The summed E-state index contributed by atoms with van der Waals surface area (Å²) in [4.78, 5) is 14.0. The molecule has 4 nitrogen and oxygen atoms in total. The summed E-state index contributed by atoms with van der Waals surface area (Å²) in [6.07, 6.45) is 0.889. The molecule has 1 aromatic rings. The number of morpholine rings is 1. The van der Waals surface area contributed by atoms with Crippen molar-refractivity contribution >= 4 is 5.91 Å². The number of ether oxygens (including phenoxy) is 1. The van der Waals surface area contributed by atoms with Gasteiger partial charge in [0.1, 0.15) is 0 Å². The number of rotatable bonds is 3. The van der Waals surface area contributed by atoms with Crippen LogP contribution in [0.2, 0.25) is 0 Å². The SMILES string of the molecule is NCCC1CN(C(=O)c2ccccc2)CCO1. The van der Waals surface area contributed by atoms with E-state index >= 15 is 0 Å². The molecule has 2 rings (SSSR count). The molecule has 1 atom stereocenters. The zero-order valence-corrected chi connectivity index (χ0v) is 9.84. The Morgan fingerprint density at radius 1 is 1.41 bits per heavy atom. The summed E-state index contributed by atoms with van der Waals surface area (Å²) in [5, 5.41) is 0. The van der Waals surface area contributed by atoms with Crippen LogP contribution in [0.1, 0.15) is 16.8 Å². The molecule has 1 unspecified atom stereocenters. The molecule has 1 aromatic carbocycles. The Morgan fingerprint density at radius 3 is 2.88 bits per heavy atom. The maximum absolute atomic E-state index is 12.2. The maximum atomic E-state index is 12.2. The molecule has 17 heavy (non-hydrogen) atoms. The molecule has 0 aliphatic carbocycles. The molecular formula is C13H18N2O2. The van der Waals surface area contributed by atoms with Crippen molar-refractivity contribution in [1.82, 2.24) is 4.90 Å². The maximum Gasteiger partial charge on any atom is 0.254 e. The van der Waals surface area contributed by atoms with E-state index < -0.39 is 0 Å². The number of benzene rings is 1. The third kappa shape index (κ3) is 3.05. The third-order valence-corrected chi connectivity index (χ3v) is 2.94. The van der Waals surface area contributed by atoms with Crippen molar-refractivity contribution in [3.05, 3.63) is 35.9 Å². The molecule has 2 N–H and O–H groups in total. The standard InChI is InChI=1S/C13H18N2O2/c14-7-6-12-10-15(8-9-17-12)13(16)11-4-2-1-3-5-11/h1-5,12H,6-10,14H2. The summed E-state index contributed by atoms with van der Waals surface area (Å²) >= 11 is 0. The van der Waals surface area contributed by atoms with Gasteiger partial charge in [0.2, 0.25) is 0 Å². The molecule has 1 amide bonds. The molecule has 1 aliphatic heterocycles.